The number of hydrogen-bond donors (Lipinski definition) is 2. The summed E-state index contributed by atoms with van der Waals surface area (Å²) in [5.74, 6) is 1.64. The third-order valence-electron chi connectivity index (χ3n) is 6.24. The summed E-state index contributed by atoms with van der Waals surface area (Å²) < 4.78 is 5.55. The van der Waals surface area contributed by atoms with Crippen LogP contribution in [-0.4, -0.2) is 17.9 Å². The molecule has 1 aromatic rings. The fourth-order valence-corrected chi connectivity index (χ4v) is 4.79. The third-order valence-corrected chi connectivity index (χ3v) is 6.24. The van der Waals surface area contributed by atoms with Gasteiger partial charge < -0.3 is 15.4 Å². The van der Waals surface area contributed by atoms with Gasteiger partial charge in [0.2, 0.25) is 5.91 Å². The molecule has 0 radical (unpaired) electrons. The predicted octanol–water partition coefficient (Wildman–Crippen LogP) is 2.95. The molecule has 1 heterocycles. The molecular formula is C19H20N2O3. The Morgan fingerprint density at radius 1 is 1.33 bits per heavy atom. The molecule has 4 atom stereocenters. The number of carbonyl (C=O) groups is 2. The van der Waals surface area contributed by atoms with Crippen molar-refractivity contribution >= 4 is 23.2 Å². The predicted molar refractivity (Wildman–Crippen MR) is 89.7 cm³/mol. The van der Waals surface area contributed by atoms with Gasteiger partial charge in [0.1, 0.15) is 5.75 Å². The number of allylic oxidation sites excluding steroid dienone is 2. The van der Waals surface area contributed by atoms with E-state index < -0.39 is 6.10 Å². The molecule has 5 rings (SSSR count). The molecule has 1 aliphatic heterocycles. The lowest BCUT2D eigenvalue weighted by atomic mass is 9.88. The van der Waals surface area contributed by atoms with Crippen molar-refractivity contribution in [3.05, 3.63) is 30.4 Å². The molecule has 0 aromatic heterocycles. The summed E-state index contributed by atoms with van der Waals surface area (Å²) in [6, 6.07) is 5.40. The van der Waals surface area contributed by atoms with Crippen molar-refractivity contribution in [1.82, 2.24) is 0 Å². The van der Waals surface area contributed by atoms with Crippen LogP contribution in [0.15, 0.2) is 30.4 Å². The highest BCUT2D eigenvalue weighted by Gasteiger charge is 2.64. The fraction of sp³-hybridized carbons (Fsp3) is 0.474. The fourth-order valence-electron chi connectivity index (χ4n) is 4.79. The van der Waals surface area contributed by atoms with Gasteiger partial charge in [0, 0.05) is 11.6 Å². The molecule has 3 aliphatic carbocycles. The van der Waals surface area contributed by atoms with Gasteiger partial charge in [-0.3, -0.25) is 9.59 Å². The number of ether oxygens (including phenoxy) is 1. The molecule has 2 amide bonds. The molecule has 2 fully saturated rings. The summed E-state index contributed by atoms with van der Waals surface area (Å²) in [6.07, 6.45) is 7.57. The molecule has 124 valence electrons. The van der Waals surface area contributed by atoms with Crippen LogP contribution in [0.2, 0.25) is 0 Å². The molecule has 4 aliphatic rings. The minimum atomic E-state index is -0.492. The number of benzene rings is 1. The van der Waals surface area contributed by atoms with Crippen LogP contribution in [0.1, 0.15) is 26.2 Å². The number of anilines is 2. The first-order chi connectivity index (χ1) is 11.6. The van der Waals surface area contributed by atoms with E-state index in [9.17, 15) is 9.59 Å². The van der Waals surface area contributed by atoms with Gasteiger partial charge in [0.05, 0.1) is 5.69 Å². The van der Waals surface area contributed by atoms with Crippen LogP contribution in [0.5, 0.6) is 5.75 Å². The smallest absolute Gasteiger partial charge is 0.265 e. The zero-order chi connectivity index (χ0) is 16.5. The van der Waals surface area contributed by atoms with E-state index in [0.717, 1.165) is 6.42 Å². The summed E-state index contributed by atoms with van der Waals surface area (Å²) in [5.41, 5.74) is 1.73. The Morgan fingerprint density at radius 2 is 2.17 bits per heavy atom. The van der Waals surface area contributed by atoms with Gasteiger partial charge in [-0.1, -0.05) is 12.2 Å². The second-order valence-corrected chi connectivity index (χ2v) is 7.54. The molecular weight excluding hydrogens is 304 g/mol. The van der Waals surface area contributed by atoms with Crippen molar-refractivity contribution in [3.63, 3.8) is 0 Å². The van der Waals surface area contributed by atoms with Gasteiger partial charge in [-0.15, -0.1) is 0 Å². The third kappa shape index (κ3) is 1.87. The number of nitrogens with one attached hydrogen (secondary N) is 2. The molecule has 2 saturated carbocycles. The zero-order valence-electron chi connectivity index (χ0n) is 13.5. The van der Waals surface area contributed by atoms with E-state index in [1.165, 1.54) is 12.8 Å². The molecule has 1 spiro atoms. The average Bonchev–Trinajstić information content (AvgIpc) is 3.22. The standard InChI is InChI=1S/C19H20N2O3/c1-10-17(22)21-15-9-12(3-5-16(15)24-10)20-18(23)13-8-11-2-4-14(13)19(11)6-7-19/h2-5,9-11,13-14H,6-8H2,1H3,(H,20,23)(H,21,22). The van der Waals surface area contributed by atoms with Crippen LogP contribution < -0.4 is 15.4 Å². The monoisotopic (exact) mass is 324 g/mol. The highest BCUT2D eigenvalue weighted by atomic mass is 16.5. The van der Waals surface area contributed by atoms with Crippen molar-refractivity contribution in [2.45, 2.75) is 32.3 Å². The summed E-state index contributed by atoms with van der Waals surface area (Å²) in [7, 11) is 0. The lowest BCUT2D eigenvalue weighted by molar-refractivity contribution is -0.122. The van der Waals surface area contributed by atoms with Gasteiger partial charge >= 0.3 is 0 Å². The quantitative estimate of drug-likeness (QED) is 0.822. The number of rotatable bonds is 2. The minimum Gasteiger partial charge on any atom is -0.479 e. The van der Waals surface area contributed by atoms with Crippen molar-refractivity contribution in [2.75, 3.05) is 10.6 Å². The van der Waals surface area contributed by atoms with Crippen LogP contribution in [0.3, 0.4) is 0 Å². The molecule has 2 bridgehead atoms. The largest absolute Gasteiger partial charge is 0.479 e. The normalized spacial score (nSPS) is 33.8. The summed E-state index contributed by atoms with van der Waals surface area (Å²) in [6.45, 7) is 1.71. The van der Waals surface area contributed by atoms with E-state index in [2.05, 4.69) is 22.8 Å². The van der Waals surface area contributed by atoms with E-state index in [4.69, 9.17) is 4.74 Å². The van der Waals surface area contributed by atoms with Gasteiger partial charge in [-0.2, -0.15) is 0 Å². The Bertz CT molecular complexity index is 781. The van der Waals surface area contributed by atoms with Crippen LogP contribution in [0.4, 0.5) is 11.4 Å². The van der Waals surface area contributed by atoms with Crippen LogP contribution in [0, 0.1) is 23.2 Å². The summed E-state index contributed by atoms with van der Waals surface area (Å²) in [4.78, 5) is 24.5. The second-order valence-electron chi connectivity index (χ2n) is 7.54. The molecule has 24 heavy (non-hydrogen) atoms. The van der Waals surface area contributed by atoms with E-state index >= 15 is 0 Å². The highest BCUT2D eigenvalue weighted by molar-refractivity contribution is 5.99. The highest BCUT2D eigenvalue weighted by Crippen LogP contribution is 2.70. The lowest BCUT2D eigenvalue weighted by Gasteiger charge is -2.24. The Labute approximate surface area is 140 Å². The minimum absolute atomic E-state index is 0.0735. The number of hydrogen-bond acceptors (Lipinski definition) is 3. The van der Waals surface area contributed by atoms with E-state index in [0.29, 0.717) is 34.4 Å². The van der Waals surface area contributed by atoms with Gasteiger partial charge in [-0.05, 0) is 61.6 Å². The topological polar surface area (TPSA) is 67.4 Å². The Balaban J connectivity index is 1.34. The summed E-state index contributed by atoms with van der Waals surface area (Å²) >= 11 is 0. The Kier molecular flexibility index (Phi) is 2.71. The zero-order valence-corrected chi connectivity index (χ0v) is 13.5. The first-order valence-corrected chi connectivity index (χ1v) is 8.68. The molecule has 4 unspecified atom stereocenters. The number of fused-ring (bicyclic) bond motifs is 1. The number of amides is 2. The van der Waals surface area contributed by atoms with Crippen molar-refractivity contribution in [2.24, 2.45) is 23.2 Å². The van der Waals surface area contributed by atoms with Gasteiger partial charge in [0.25, 0.3) is 5.91 Å². The maximum absolute atomic E-state index is 12.7. The van der Waals surface area contributed by atoms with E-state index in [1.807, 2.05) is 6.07 Å². The first-order valence-electron chi connectivity index (χ1n) is 8.68. The lowest BCUT2D eigenvalue weighted by Crippen LogP contribution is -2.34. The second kappa shape index (κ2) is 4.62. The maximum Gasteiger partial charge on any atom is 0.265 e. The molecule has 1 aromatic carbocycles. The summed E-state index contributed by atoms with van der Waals surface area (Å²) in [5, 5.41) is 5.85. The van der Waals surface area contributed by atoms with Gasteiger partial charge in [0.15, 0.2) is 6.10 Å². The van der Waals surface area contributed by atoms with Gasteiger partial charge in [-0.25, -0.2) is 0 Å². The average molecular weight is 324 g/mol. The van der Waals surface area contributed by atoms with Crippen LogP contribution in [0.25, 0.3) is 0 Å². The van der Waals surface area contributed by atoms with Crippen molar-refractivity contribution in [3.8, 4) is 5.75 Å². The molecule has 2 N–H and O–H groups in total. The molecule has 5 heteroatoms. The van der Waals surface area contributed by atoms with Crippen LogP contribution >= 0.6 is 0 Å². The first kappa shape index (κ1) is 14.1. The van der Waals surface area contributed by atoms with E-state index in [1.54, 1.807) is 19.1 Å². The molecule has 5 nitrogen and oxygen atoms in total. The van der Waals surface area contributed by atoms with Crippen molar-refractivity contribution in [1.29, 1.82) is 0 Å². The van der Waals surface area contributed by atoms with E-state index in [-0.39, 0.29) is 17.7 Å². The number of carbonyl (C=O) groups excluding carboxylic acids is 2. The maximum atomic E-state index is 12.7. The Hall–Kier alpha value is -2.30. The Morgan fingerprint density at radius 3 is 2.92 bits per heavy atom. The van der Waals surface area contributed by atoms with Crippen molar-refractivity contribution < 1.29 is 14.3 Å². The molecule has 0 saturated heterocycles. The SMILES string of the molecule is CC1Oc2ccc(NC(=O)C3CC4C=CC3C43CC3)cc2NC1=O. The van der Waals surface area contributed by atoms with Crippen LogP contribution in [-0.2, 0) is 9.59 Å².